The van der Waals surface area contributed by atoms with Gasteiger partial charge in [0.05, 0.1) is 27.8 Å². The molecule has 3 aromatic carbocycles. The summed E-state index contributed by atoms with van der Waals surface area (Å²) in [7, 11) is 0. The second-order valence-corrected chi connectivity index (χ2v) is 12.4. The van der Waals surface area contributed by atoms with Crippen molar-refractivity contribution in [3.8, 4) is 33.1 Å². The molecule has 6 aromatic rings. The number of hydrogen-bond acceptors (Lipinski definition) is 4. The lowest BCUT2D eigenvalue weighted by Gasteiger charge is -2.25. The molecule has 41 heavy (non-hydrogen) atoms. The number of hydrogen-bond donors (Lipinski definition) is 1. The Labute approximate surface area is 243 Å². The maximum atomic E-state index is 11.7. The summed E-state index contributed by atoms with van der Waals surface area (Å²) in [6.45, 7) is 4.31. The number of carboxylic acid groups (broad SMARTS) is 1. The number of thiophene rings is 1. The van der Waals surface area contributed by atoms with Gasteiger partial charge in [-0.1, -0.05) is 49.6 Å². The van der Waals surface area contributed by atoms with Gasteiger partial charge in [-0.2, -0.15) is 0 Å². The van der Waals surface area contributed by atoms with E-state index in [-0.39, 0.29) is 5.56 Å². The van der Waals surface area contributed by atoms with Gasteiger partial charge in [0.25, 0.3) is 0 Å². The Kier molecular flexibility index (Phi) is 6.43. The third kappa shape index (κ3) is 4.62. The Hall–Kier alpha value is -4.29. The van der Waals surface area contributed by atoms with Crippen LogP contribution in [0.3, 0.4) is 0 Å². The molecule has 0 spiro atoms. The van der Waals surface area contributed by atoms with Crippen molar-refractivity contribution in [1.82, 2.24) is 14.5 Å². The van der Waals surface area contributed by atoms with Crippen LogP contribution in [0.1, 0.15) is 58.9 Å². The number of carbonyl (C=O) groups is 1. The lowest BCUT2D eigenvalue weighted by Crippen LogP contribution is -2.14. The average Bonchev–Trinajstić information content (AvgIpc) is 3.58. The molecule has 0 radical (unpaired) electrons. The molecule has 0 atom stereocenters. The van der Waals surface area contributed by atoms with E-state index in [9.17, 15) is 9.90 Å². The predicted octanol–water partition coefficient (Wildman–Crippen LogP) is 9.47. The summed E-state index contributed by atoms with van der Waals surface area (Å²) in [6, 6.07) is 27.1. The topological polar surface area (TPSA) is 68.0 Å². The zero-order chi connectivity index (χ0) is 28.1. The monoisotopic (exact) mass is 557 g/mol. The molecule has 3 heterocycles. The van der Waals surface area contributed by atoms with Gasteiger partial charge in [0.1, 0.15) is 5.82 Å². The number of aryl methyl sites for hydroxylation is 2. The van der Waals surface area contributed by atoms with Crippen molar-refractivity contribution < 1.29 is 9.90 Å². The van der Waals surface area contributed by atoms with E-state index in [2.05, 4.69) is 73.0 Å². The van der Waals surface area contributed by atoms with Gasteiger partial charge in [0.2, 0.25) is 0 Å². The highest BCUT2D eigenvalue weighted by molar-refractivity contribution is 7.16. The number of pyridine rings is 1. The van der Waals surface area contributed by atoms with Crippen LogP contribution in [-0.4, -0.2) is 25.6 Å². The Morgan fingerprint density at radius 1 is 0.854 bits per heavy atom. The lowest BCUT2D eigenvalue weighted by molar-refractivity contribution is 0.0697. The fourth-order valence-corrected chi connectivity index (χ4v) is 7.35. The van der Waals surface area contributed by atoms with Crippen LogP contribution in [0.5, 0.6) is 0 Å². The smallest absolute Gasteiger partial charge is 0.335 e. The maximum Gasteiger partial charge on any atom is 0.335 e. The van der Waals surface area contributed by atoms with Crippen molar-refractivity contribution in [2.24, 2.45) is 0 Å². The van der Waals surface area contributed by atoms with E-state index in [0.717, 1.165) is 51.9 Å². The summed E-state index contributed by atoms with van der Waals surface area (Å²) in [5.74, 6) is -0.0280. The molecule has 1 aliphatic carbocycles. The third-order valence-corrected chi connectivity index (χ3v) is 9.42. The first-order chi connectivity index (χ1) is 20.0. The fourth-order valence-electron chi connectivity index (χ4n) is 6.32. The van der Waals surface area contributed by atoms with Gasteiger partial charge >= 0.3 is 5.97 Å². The minimum atomic E-state index is -0.930. The molecule has 1 saturated carbocycles. The van der Waals surface area contributed by atoms with Gasteiger partial charge in [0.15, 0.2) is 0 Å². The number of fused-ring (bicyclic) bond motifs is 2. The molecule has 1 fully saturated rings. The highest BCUT2D eigenvalue weighted by Gasteiger charge is 2.23. The molecule has 1 aliphatic rings. The molecule has 6 heteroatoms. The normalized spacial score (nSPS) is 14.2. The SMILES string of the molecule is Cc1cc(-c2cc(C)c3cc(-c4nc5cc(C(=O)O)ccc5n4C4CCCCC4)ccc3n2)c(-c2ccccc2)s1. The average molecular weight is 558 g/mol. The Bertz CT molecular complexity index is 1930. The largest absolute Gasteiger partial charge is 0.478 e. The molecule has 5 nitrogen and oxygen atoms in total. The predicted molar refractivity (Wildman–Crippen MR) is 168 cm³/mol. The molecule has 0 unspecified atom stereocenters. The number of imidazole rings is 1. The molecule has 0 bridgehead atoms. The quantitative estimate of drug-likeness (QED) is 0.229. The summed E-state index contributed by atoms with van der Waals surface area (Å²) < 4.78 is 2.36. The second kappa shape index (κ2) is 10.3. The zero-order valence-electron chi connectivity index (χ0n) is 23.2. The minimum Gasteiger partial charge on any atom is -0.478 e. The first-order valence-corrected chi connectivity index (χ1v) is 15.1. The molecule has 7 rings (SSSR count). The van der Waals surface area contributed by atoms with Crippen LogP contribution < -0.4 is 0 Å². The molecule has 3 aromatic heterocycles. The van der Waals surface area contributed by atoms with Crippen LogP contribution in [0.4, 0.5) is 0 Å². The van der Waals surface area contributed by atoms with Crippen molar-refractivity contribution in [2.75, 3.05) is 0 Å². The van der Waals surface area contributed by atoms with Crippen molar-refractivity contribution in [3.05, 3.63) is 94.9 Å². The van der Waals surface area contributed by atoms with Gasteiger partial charge in [-0.25, -0.2) is 14.8 Å². The zero-order valence-corrected chi connectivity index (χ0v) is 24.0. The van der Waals surface area contributed by atoms with E-state index in [1.165, 1.54) is 45.7 Å². The third-order valence-electron chi connectivity index (χ3n) is 8.32. The van der Waals surface area contributed by atoms with Crippen molar-refractivity contribution >= 4 is 39.2 Å². The number of benzene rings is 3. The highest BCUT2D eigenvalue weighted by atomic mass is 32.1. The van der Waals surface area contributed by atoms with Gasteiger partial charge in [-0.15, -0.1) is 11.3 Å². The summed E-state index contributed by atoms with van der Waals surface area (Å²) in [6.07, 6.45) is 5.89. The van der Waals surface area contributed by atoms with Crippen molar-refractivity contribution in [2.45, 2.75) is 52.0 Å². The first kappa shape index (κ1) is 25.7. The number of aromatic nitrogens is 3. The van der Waals surface area contributed by atoms with Crippen LogP contribution in [0.25, 0.3) is 55.0 Å². The standard InChI is InChI=1S/C35H31N3O2S/c1-21-17-30(28-18-22(2)41-33(28)23-9-5-3-6-10-23)36-29-15-13-24(19-27(21)29)34-37-31-20-25(35(39)40)14-16-32(31)38(34)26-11-7-4-8-12-26/h3,5-6,9-10,13-20,26H,4,7-8,11-12H2,1-2H3,(H,39,40). The molecule has 0 amide bonds. The van der Waals surface area contributed by atoms with E-state index in [4.69, 9.17) is 9.97 Å². The Morgan fingerprint density at radius 3 is 2.44 bits per heavy atom. The molecule has 1 N–H and O–H groups in total. The molecule has 0 aliphatic heterocycles. The number of aromatic carboxylic acids is 1. The number of nitrogens with zero attached hydrogens (tertiary/aromatic N) is 3. The fraction of sp³-hybridized carbons (Fsp3) is 0.229. The molecule has 0 saturated heterocycles. The van der Waals surface area contributed by atoms with E-state index in [1.54, 1.807) is 23.5 Å². The van der Waals surface area contributed by atoms with Crippen molar-refractivity contribution in [3.63, 3.8) is 0 Å². The van der Waals surface area contributed by atoms with E-state index >= 15 is 0 Å². The van der Waals surface area contributed by atoms with Crippen LogP contribution in [-0.2, 0) is 0 Å². The van der Waals surface area contributed by atoms with Crippen molar-refractivity contribution in [1.29, 1.82) is 0 Å². The van der Waals surface area contributed by atoms with Crippen LogP contribution in [0.15, 0.2) is 78.9 Å². The van der Waals surface area contributed by atoms with Gasteiger partial charge in [-0.3, -0.25) is 0 Å². The van der Waals surface area contributed by atoms with Crippen LogP contribution in [0, 0.1) is 13.8 Å². The van der Waals surface area contributed by atoms with Gasteiger partial charge in [-0.05, 0) is 86.3 Å². The van der Waals surface area contributed by atoms with Gasteiger partial charge < -0.3 is 9.67 Å². The Morgan fingerprint density at radius 2 is 1.66 bits per heavy atom. The van der Waals surface area contributed by atoms with E-state index in [0.29, 0.717) is 6.04 Å². The molecular formula is C35H31N3O2S. The highest BCUT2D eigenvalue weighted by Crippen LogP contribution is 2.41. The minimum absolute atomic E-state index is 0.266. The second-order valence-electron chi connectivity index (χ2n) is 11.1. The summed E-state index contributed by atoms with van der Waals surface area (Å²) in [5.41, 5.74) is 8.53. The molecule has 204 valence electrons. The molecular weight excluding hydrogens is 526 g/mol. The Balaban J connectivity index is 1.36. The number of carboxylic acids is 1. The van der Waals surface area contributed by atoms with Crippen LogP contribution >= 0.6 is 11.3 Å². The van der Waals surface area contributed by atoms with Gasteiger partial charge in [0, 0.05) is 32.3 Å². The van der Waals surface area contributed by atoms with E-state index in [1.807, 2.05) is 12.1 Å². The van der Waals surface area contributed by atoms with Crippen LogP contribution in [0.2, 0.25) is 0 Å². The number of rotatable bonds is 5. The lowest BCUT2D eigenvalue weighted by atomic mass is 9.94. The first-order valence-electron chi connectivity index (χ1n) is 14.3. The summed E-state index contributed by atoms with van der Waals surface area (Å²) in [4.78, 5) is 24.4. The maximum absolute atomic E-state index is 11.7. The summed E-state index contributed by atoms with van der Waals surface area (Å²) in [5, 5.41) is 10.7. The van der Waals surface area contributed by atoms with E-state index < -0.39 is 5.97 Å². The summed E-state index contributed by atoms with van der Waals surface area (Å²) >= 11 is 1.81.